The van der Waals surface area contributed by atoms with Gasteiger partial charge >= 0.3 is 0 Å². The van der Waals surface area contributed by atoms with E-state index in [1.54, 1.807) is 0 Å². The van der Waals surface area contributed by atoms with Gasteiger partial charge in [0, 0.05) is 29.9 Å². The van der Waals surface area contributed by atoms with Crippen LogP contribution in [0.3, 0.4) is 0 Å². The molecule has 0 amide bonds. The number of pyridine rings is 1. The van der Waals surface area contributed by atoms with Gasteiger partial charge in [-0.25, -0.2) is 4.98 Å². The lowest BCUT2D eigenvalue weighted by atomic mass is 10.1. The molecule has 0 saturated carbocycles. The number of rotatable bonds is 4. The van der Waals surface area contributed by atoms with Crippen LogP contribution in [0, 0.1) is 0 Å². The summed E-state index contributed by atoms with van der Waals surface area (Å²) in [6, 6.07) is 22.8. The van der Waals surface area contributed by atoms with Gasteiger partial charge in [-0.2, -0.15) is 0 Å². The standard InChI is InChI=1S/C20H17N3/c1-3-7-15(8-4-1)13-23-20-19-17(11-12-21-20)18(14-22-19)16-9-5-2-6-10-16/h1-12,14,22H,13H2,(H,21,23). The van der Waals surface area contributed by atoms with Gasteiger partial charge in [-0.1, -0.05) is 60.7 Å². The molecule has 0 aliphatic rings. The largest absolute Gasteiger partial charge is 0.364 e. The van der Waals surface area contributed by atoms with Gasteiger partial charge in [0.2, 0.25) is 0 Å². The highest BCUT2D eigenvalue weighted by Gasteiger charge is 2.09. The highest BCUT2D eigenvalue weighted by molar-refractivity contribution is 6.00. The van der Waals surface area contributed by atoms with E-state index in [1.807, 2.05) is 30.5 Å². The van der Waals surface area contributed by atoms with Crippen molar-refractivity contribution in [2.75, 3.05) is 5.32 Å². The van der Waals surface area contributed by atoms with E-state index in [0.29, 0.717) is 0 Å². The summed E-state index contributed by atoms with van der Waals surface area (Å²) >= 11 is 0. The minimum atomic E-state index is 0.757. The van der Waals surface area contributed by atoms with Crippen molar-refractivity contribution in [3.05, 3.63) is 84.7 Å². The highest BCUT2D eigenvalue weighted by Crippen LogP contribution is 2.31. The molecule has 3 heteroatoms. The Kier molecular flexibility index (Phi) is 3.53. The van der Waals surface area contributed by atoms with Crippen molar-refractivity contribution in [2.45, 2.75) is 6.54 Å². The van der Waals surface area contributed by atoms with Gasteiger partial charge in [-0.15, -0.1) is 0 Å². The molecule has 0 atom stereocenters. The van der Waals surface area contributed by atoms with Crippen molar-refractivity contribution in [3.8, 4) is 11.1 Å². The van der Waals surface area contributed by atoms with Crippen molar-refractivity contribution < 1.29 is 0 Å². The zero-order valence-electron chi connectivity index (χ0n) is 12.7. The Morgan fingerprint density at radius 2 is 1.61 bits per heavy atom. The molecule has 2 aromatic heterocycles. The van der Waals surface area contributed by atoms with Crippen LogP contribution in [0.1, 0.15) is 5.56 Å². The van der Waals surface area contributed by atoms with Crippen molar-refractivity contribution in [2.24, 2.45) is 0 Å². The molecule has 0 bridgehead atoms. The van der Waals surface area contributed by atoms with E-state index in [-0.39, 0.29) is 0 Å². The van der Waals surface area contributed by atoms with Crippen LogP contribution in [0.2, 0.25) is 0 Å². The summed E-state index contributed by atoms with van der Waals surface area (Å²) in [5.74, 6) is 0.883. The van der Waals surface area contributed by atoms with E-state index in [4.69, 9.17) is 0 Å². The topological polar surface area (TPSA) is 40.7 Å². The van der Waals surface area contributed by atoms with E-state index in [0.717, 1.165) is 17.9 Å². The first-order valence-electron chi connectivity index (χ1n) is 7.71. The maximum absolute atomic E-state index is 4.49. The van der Waals surface area contributed by atoms with Gasteiger partial charge in [0.25, 0.3) is 0 Å². The third-order valence-corrected chi connectivity index (χ3v) is 3.99. The fourth-order valence-electron chi connectivity index (χ4n) is 2.83. The lowest BCUT2D eigenvalue weighted by molar-refractivity contribution is 1.12. The molecular formula is C20H17N3. The monoisotopic (exact) mass is 299 g/mol. The predicted octanol–water partition coefficient (Wildman–Crippen LogP) is 4.84. The number of aromatic nitrogens is 2. The van der Waals surface area contributed by atoms with Crippen LogP contribution in [-0.4, -0.2) is 9.97 Å². The molecule has 23 heavy (non-hydrogen) atoms. The molecule has 2 heterocycles. The molecule has 4 rings (SSSR count). The van der Waals surface area contributed by atoms with Crippen molar-refractivity contribution in [3.63, 3.8) is 0 Å². The Hall–Kier alpha value is -3.07. The quantitative estimate of drug-likeness (QED) is 0.566. The Morgan fingerprint density at radius 1 is 0.870 bits per heavy atom. The van der Waals surface area contributed by atoms with Crippen LogP contribution >= 0.6 is 0 Å². The molecular weight excluding hydrogens is 282 g/mol. The molecule has 0 spiro atoms. The third-order valence-electron chi connectivity index (χ3n) is 3.99. The van der Waals surface area contributed by atoms with Crippen molar-refractivity contribution >= 4 is 16.7 Å². The maximum atomic E-state index is 4.49. The second-order valence-corrected chi connectivity index (χ2v) is 5.49. The summed E-state index contributed by atoms with van der Waals surface area (Å²) in [7, 11) is 0. The van der Waals surface area contributed by atoms with Crippen LogP contribution in [0.15, 0.2) is 79.1 Å². The SMILES string of the molecule is c1ccc(CNc2nccc3c(-c4ccccc4)c[nH]c23)cc1. The number of benzene rings is 2. The number of nitrogens with zero attached hydrogens (tertiary/aromatic N) is 1. The second-order valence-electron chi connectivity index (χ2n) is 5.49. The zero-order valence-corrected chi connectivity index (χ0v) is 12.7. The first kappa shape index (κ1) is 13.6. The van der Waals surface area contributed by atoms with Crippen LogP contribution < -0.4 is 5.32 Å². The summed E-state index contributed by atoms with van der Waals surface area (Å²) in [6.45, 7) is 0.757. The number of fused-ring (bicyclic) bond motifs is 1. The smallest absolute Gasteiger partial charge is 0.150 e. The van der Waals surface area contributed by atoms with E-state index in [9.17, 15) is 0 Å². The lowest BCUT2D eigenvalue weighted by Crippen LogP contribution is -2.01. The number of hydrogen-bond donors (Lipinski definition) is 2. The number of hydrogen-bond acceptors (Lipinski definition) is 2. The zero-order chi connectivity index (χ0) is 15.5. The molecule has 0 radical (unpaired) electrons. The summed E-state index contributed by atoms with van der Waals surface area (Å²) in [6.07, 6.45) is 3.91. The van der Waals surface area contributed by atoms with Gasteiger partial charge in [0.15, 0.2) is 5.82 Å². The first-order chi connectivity index (χ1) is 11.4. The molecule has 0 saturated heterocycles. The normalized spacial score (nSPS) is 10.8. The first-order valence-corrected chi connectivity index (χ1v) is 7.71. The van der Waals surface area contributed by atoms with Gasteiger partial charge in [0.1, 0.15) is 0 Å². The summed E-state index contributed by atoms with van der Waals surface area (Å²) in [5, 5.41) is 4.61. The molecule has 2 N–H and O–H groups in total. The molecule has 3 nitrogen and oxygen atoms in total. The minimum Gasteiger partial charge on any atom is -0.364 e. The van der Waals surface area contributed by atoms with Gasteiger partial charge in [-0.05, 0) is 17.2 Å². The van der Waals surface area contributed by atoms with Crippen LogP contribution in [0.5, 0.6) is 0 Å². The summed E-state index contributed by atoms with van der Waals surface area (Å²) < 4.78 is 0. The van der Waals surface area contributed by atoms with Gasteiger partial charge in [-0.3, -0.25) is 0 Å². The number of H-pyrrole nitrogens is 1. The molecule has 0 aliphatic carbocycles. The van der Waals surface area contributed by atoms with Crippen molar-refractivity contribution in [1.82, 2.24) is 9.97 Å². The molecule has 112 valence electrons. The summed E-state index contributed by atoms with van der Waals surface area (Å²) in [4.78, 5) is 7.85. The Morgan fingerprint density at radius 3 is 2.39 bits per heavy atom. The fraction of sp³-hybridized carbons (Fsp3) is 0.0500. The minimum absolute atomic E-state index is 0.757. The average Bonchev–Trinajstić information content (AvgIpc) is 3.06. The molecule has 4 aromatic rings. The summed E-state index contributed by atoms with van der Waals surface area (Å²) in [5.41, 5.74) is 4.69. The van der Waals surface area contributed by atoms with Crippen molar-refractivity contribution in [1.29, 1.82) is 0 Å². The molecule has 0 fully saturated rings. The van der Waals surface area contributed by atoms with E-state index in [2.05, 4.69) is 63.9 Å². The third kappa shape index (κ3) is 2.69. The number of anilines is 1. The van der Waals surface area contributed by atoms with Crippen LogP contribution in [-0.2, 0) is 6.54 Å². The van der Waals surface area contributed by atoms with E-state index < -0.39 is 0 Å². The van der Waals surface area contributed by atoms with E-state index >= 15 is 0 Å². The van der Waals surface area contributed by atoms with Crippen LogP contribution in [0.25, 0.3) is 22.0 Å². The number of aromatic amines is 1. The fourth-order valence-corrected chi connectivity index (χ4v) is 2.83. The Labute approximate surface area is 135 Å². The average molecular weight is 299 g/mol. The Balaban J connectivity index is 1.68. The molecule has 0 aliphatic heterocycles. The van der Waals surface area contributed by atoms with Gasteiger partial charge in [0.05, 0.1) is 5.52 Å². The molecule has 2 aromatic carbocycles. The number of nitrogens with one attached hydrogen (secondary N) is 2. The predicted molar refractivity (Wildman–Crippen MR) is 95.3 cm³/mol. The molecule has 0 unspecified atom stereocenters. The van der Waals surface area contributed by atoms with E-state index in [1.165, 1.54) is 22.1 Å². The Bertz CT molecular complexity index is 911. The maximum Gasteiger partial charge on any atom is 0.150 e. The van der Waals surface area contributed by atoms with Crippen LogP contribution in [0.4, 0.5) is 5.82 Å². The lowest BCUT2D eigenvalue weighted by Gasteiger charge is -2.07. The highest BCUT2D eigenvalue weighted by atomic mass is 15.0. The second kappa shape index (κ2) is 5.97. The van der Waals surface area contributed by atoms with Gasteiger partial charge < -0.3 is 10.3 Å².